The third-order valence-corrected chi connectivity index (χ3v) is 4.13. The topological polar surface area (TPSA) is 38.0 Å². The largest absolute Gasteiger partial charge is 0.393 e. The van der Waals surface area contributed by atoms with Gasteiger partial charge in [-0.1, -0.05) is 13.8 Å². The van der Waals surface area contributed by atoms with Crippen molar-refractivity contribution in [2.75, 3.05) is 0 Å². The van der Waals surface area contributed by atoms with E-state index in [1.54, 1.807) is 0 Å². The first-order valence-electron chi connectivity index (χ1n) is 5.54. The molecule has 1 aromatic heterocycles. The van der Waals surface area contributed by atoms with Crippen molar-refractivity contribution in [2.45, 2.75) is 46.1 Å². The lowest BCUT2D eigenvalue weighted by Crippen LogP contribution is -2.47. The van der Waals surface area contributed by atoms with E-state index in [9.17, 15) is 5.11 Å². The van der Waals surface area contributed by atoms with Gasteiger partial charge in [-0.25, -0.2) is 0 Å². The highest BCUT2D eigenvalue weighted by molar-refractivity contribution is 5.33. The van der Waals surface area contributed by atoms with E-state index in [-0.39, 0.29) is 11.5 Å². The summed E-state index contributed by atoms with van der Waals surface area (Å²) in [6.45, 7) is 8.44. The van der Waals surface area contributed by atoms with Gasteiger partial charge in [0.15, 0.2) is 0 Å². The first-order valence-corrected chi connectivity index (χ1v) is 5.54. The van der Waals surface area contributed by atoms with E-state index in [2.05, 4.69) is 32.8 Å². The fourth-order valence-electron chi connectivity index (χ4n) is 2.69. The molecule has 0 amide bonds. The Hall–Kier alpha value is -0.830. The van der Waals surface area contributed by atoms with E-state index in [1.165, 1.54) is 11.3 Å². The summed E-state index contributed by atoms with van der Waals surface area (Å²) in [6, 6.07) is 0. The van der Waals surface area contributed by atoms with Crippen LogP contribution in [0.5, 0.6) is 0 Å². The molecule has 1 heterocycles. The Morgan fingerprint density at radius 1 is 1.40 bits per heavy atom. The van der Waals surface area contributed by atoms with Crippen LogP contribution in [0.2, 0.25) is 0 Å². The van der Waals surface area contributed by atoms with Gasteiger partial charge in [-0.05, 0) is 37.2 Å². The van der Waals surface area contributed by atoms with Gasteiger partial charge in [0.25, 0.3) is 0 Å². The number of nitrogens with zero attached hydrogens (tertiary/aromatic N) is 2. The fraction of sp³-hybridized carbons (Fsp3) is 0.750. The quantitative estimate of drug-likeness (QED) is 0.765. The highest BCUT2D eigenvalue weighted by Crippen LogP contribution is 2.53. The van der Waals surface area contributed by atoms with Gasteiger partial charge in [0.2, 0.25) is 0 Å². The molecule has 0 spiro atoms. The zero-order chi connectivity index (χ0) is 11.4. The zero-order valence-corrected chi connectivity index (χ0v) is 10.2. The van der Waals surface area contributed by atoms with Crippen molar-refractivity contribution in [2.24, 2.45) is 12.5 Å². The second kappa shape index (κ2) is 3.08. The monoisotopic (exact) mass is 208 g/mol. The standard InChI is InChI=1S/C12H20N2O/c1-7-11(8(2)14(5)13-7)9-6-10(15)12(9,3)4/h9-10,15H,6H2,1-5H3. The van der Waals surface area contributed by atoms with E-state index in [4.69, 9.17) is 0 Å². The summed E-state index contributed by atoms with van der Waals surface area (Å²) in [5.41, 5.74) is 3.68. The van der Waals surface area contributed by atoms with E-state index < -0.39 is 0 Å². The van der Waals surface area contributed by atoms with Crippen LogP contribution >= 0.6 is 0 Å². The summed E-state index contributed by atoms with van der Waals surface area (Å²) in [5, 5.41) is 14.2. The third-order valence-electron chi connectivity index (χ3n) is 4.13. The second-order valence-corrected chi connectivity index (χ2v) is 5.33. The van der Waals surface area contributed by atoms with Crippen LogP contribution in [0.4, 0.5) is 0 Å². The van der Waals surface area contributed by atoms with Gasteiger partial charge in [0, 0.05) is 12.7 Å². The molecule has 1 aliphatic carbocycles. The Bertz CT molecular complexity index is 393. The SMILES string of the molecule is Cc1nn(C)c(C)c1C1CC(O)C1(C)C. The van der Waals surface area contributed by atoms with Gasteiger partial charge in [-0.15, -0.1) is 0 Å². The molecule has 1 saturated carbocycles. The highest BCUT2D eigenvalue weighted by atomic mass is 16.3. The average Bonchev–Trinajstić information content (AvgIpc) is 2.39. The molecule has 0 aliphatic heterocycles. The van der Waals surface area contributed by atoms with Crippen molar-refractivity contribution in [1.82, 2.24) is 9.78 Å². The average molecular weight is 208 g/mol. The Labute approximate surface area is 91.1 Å². The first kappa shape index (κ1) is 10.7. The van der Waals surface area contributed by atoms with Crippen LogP contribution in [0, 0.1) is 19.3 Å². The summed E-state index contributed by atoms with van der Waals surface area (Å²) < 4.78 is 1.94. The van der Waals surface area contributed by atoms with Gasteiger partial charge >= 0.3 is 0 Å². The predicted molar refractivity (Wildman–Crippen MR) is 59.8 cm³/mol. The molecule has 0 saturated heterocycles. The summed E-state index contributed by atoms with van der Waals surface area (Å²) in [4.78, 5) is 0. The molecule has 0 aromatic carbocycles. The maximum absolute atomic E-state index is 9.77. The number of aromatic nitrogens is 2. The van der Waals surface area contributed by atoms with E-state index >= 15 is 0 Å². The van der Waals surface area contributed by atoms with Crippen molar-refractivity contribution in [3.05, 3.63) is 17.0 Å². The summed E-state index contributed by atoms with van der Waals surface area (Å²) in [6.07, 6.45) is 0.710. The van der Waals surface area contributed by atoms with Crippen LogP contribution in [0.1, 0.15) is 43.1 Å². The van der Waals surface area contributed by atoms with Crippen LogP contribution in [-0.4, -0.2) is 21.0 Å². The number of hydrogen-bond donors (Lipinski definition) is 1. The molecule has 84 valence electrons. The molecule has 1 fully saturated rings. The van der Waals surface area contributed by atoms with Crippen LogP contribution in [0.25, 0.3) is 0 Å². The van der Waals surface area contributed by atoms with Crippen molar-refractivity contribution in [3.8, 4) is 0 Å². The lowest BCUT2D eigenvalue weighted by Gasteiger charge is -2.49. The normalized spacial score (nSPS) is 28.9. The third kappa shape index (κ3) is 1.33. The van der Waals surface area contributed by atoms with Gasteiger partial charge in [-0.2, -0.15) is 5.10 Å². The van der Waals surface area contributed by atoms with Crippen molar-refractivity contribution >= 4 is 0 Å². The second-order valence-electron chi connectivity index (χ2n) is 5.33. The molecule has 2 atom stereocenters. The molecular weight excluding hydrogens is 188 g/mol. The van der Waals surface area contributed by atoms with Crippen molar-refractivity contribution in [1.29, 1.82) is 0 Å². The minimum Gasteiger partial charge on any atom is -0.393 e. The number of hydrogen-bond acceptors (Lipinski definition) is 2. The van der Waals surface area contributed by atoms with Gasteiger partial charge < -0.3 is 5.11 Å². The molecule has 1 aliphatic rings. The van der Waals surface area contributed by atoms with Crippen LogP contribution < -0.4 is 0 Å². The summed E-state index contributed by atoms with van der Waals surface area (Å²) >= 11 is 0. The molecule has 1 N–H and O–H groups in total. The summed E-state index contributed by atoms with van der Waals surface area (Å²) in [7, 11) is 1.98. The zero-order valence-electron chi connectivity index (χ0n) is 10.2. The molecule has 3 nitrogen and oxygen atoms in total. The van der Waals surface area contributed by atoms with Crippen molar-refractivity contribution in [3.63, 3.8) is 0 Å². The number of aliphatic hydroxyl groups excluding tert-OH is 1. The molecule has 3 heteroatoms. The van der Waals surface area contributed by atoms with Crippen LogP contribution in [0.15, 0.2) is 0 Å². The Morgan fingerprint density at radius 3 is 2.33 bits per heavy atom. The fourth-order valence-corrected chi connectivity index (χ4v) is 2.69. The van der Waals surface area contributed by atoms with Crippen LogP contribution in [-0.2, 0) is 7.05 Å². The van der Waals surface area contributed by atoms with E-state index in [0.29, 0.717) is 5.92 Å². The molecular formula is C12H20N2O. The molecule has 2 unspecified atom stereocenters. The molecule has 2 rings (SSSR count). The van der Waals surface area contributed by atoms with Gasteiger partial charge in [0.1, 0.15) is 0 Å². The number of rotatable bonds is 1. The van der Waals surface area contributed by atoms with E-state index in [1.807, 2.05) is 11.7 Å². The molecule has 1 aromatic rings. The minimum absolute atomic E-state index is 0.00144. The first-order chi connectivity index (χ1) is 6.85. The van der Waals surface area contributed by atoms with Gasteiger partial charge in [0.05, 0.1) is 11.8 Å². The molecule has 0 bridgehead atoms. The highest BCUT2D eigenvalue weighted by Gasteiger charge is 2.49. The maximum Gasteiger partial charge on any atom is 0.0631 e. The Kier molecular flexibility index (Phi) is 2.19. The van der Waals surface area contributed by atoms with E-state index in [0.717, 1.165) is 12.1 Å². The van der Waals surface area contributed by atoms with Crippen molar-refractivity contribution < 1.29 is 5.11 Å². The molecule has 15 heavy (non-hydrogen) atoms. The maximum atomic E-state index is 9.77. The van der Waals surface area contributed by atoms with Gasteiger partial charge in [-0.3, -0.25) is 4.68 Å². The number of aryl methyl sites for hydroxylation is 2. The van der Waals surface area contributed by atoms with Crippen LogP contribution in [0.3, 0.4) is 0 Å². The lowest BCUT2D eigenvalue weighted by molar-refractivity contribution is -0.0629. The minimum atomic E-state index is -0.165. The molecule has 0 radical (unpaired) electrons. The Morgan fingerprint density at radius 2 is 2.00 bits per heavy atom. The smallest absolute Gasteiger partial charge is 0.0631 e. The Balaban J connectivity index is 2.40. The number of aliphatic hydroxyl groups is 1. The lowest BCUT2D eigenvalue weighted by atomic mass is 9.57. The summed E-state index contributed by atoms with van der Waals surface area (Å²) in [5.74, 6) is 0.459. The predicted octanol–water partition coefficient (Wildman–Crippen LogP) is 1.91.